The lowest BCUT2D eigenvalue weighted by Crippen LogP contribution is -2.20. The fraction of sp³-hybridized carbons (Fsp3) is 0.964. The van der Waals surface area contributed by atoms with E-state index in [2.05, 4.69) is 16.0 Å². The van der Waals surface area contributed by atoms with E-state index in [1.165, 1.54) is 0 Å². The van der Waals surface area contributed by atoms with E-state index in [9.17, 15) is 4.79 Å². The van der Waals surface area contributed by atoms with Gasteiger partial charge in [0.15, 0.2) is 0 Å². The smallest absolute Gasteiger partial charge is 0.304 e. The number of carboxylic acid groups (broad SMARTS) is 1. The molecule has 13 nitrogen and oxygen atoms in total. The third-order valence-electron chi connectivity index (χ3n) is 5.60. The largest absolute Gasteiger partial charge is 0.481 e. The van der Waals surface area contributed by atoms with Crippen molar-refractivity contribution in [2.24, 2.45) is 0 Å². The van der Waals surface area contributed by atoms with Crippen molar-refractivity contribution in [1.82, 2.24) is 16.0 Å². The van der Waals surface area contributed by atoms with E-state index in [0.717, 1.165) is 71.3 Å². The number of carboxylic acids is 1. The van der Waals surface area contributed by atoms with Gasteiger partial charge in [-0.05, 0) is 64.7 Å². The Balaban J connectivity index is 3.03. The number of unbranched alkanes of at least 4 members (excludes halogenated alkanes) is 3. The number of nitrogens with one attached hydrogen (secondary N) is 3. The Hall–Kier alpha value is -0.970. The molecule has 0 fully saturated rings. The summed E-state index contributed by atoms with van der Waals surface area (Å²) in [5.41, 5.74) is 0. The average Bonchev–Trinajstić information content (AvgIpc) is 2.97. The molecule has 0 saturated heterocycles. The SMILES string of the molecule is O=C(O)CCNCCCOCCOCCOCCOCCOCCOCCOCCCCCNCCCCNCO. The van der Waals surface area contributed by atoms with Crippen molar-refractivity contribution in [1.29, 1.82) is 0 Å². The van der Waals surface area contributed by atoms with Crippen LogP contribution in [0.1, 0.15) is 44.9 Å². The maximum absolute atomic E-state index is 10.4. The lowest BCUT2D eigenvalue weighted by atomic mass is 10.2. The minimum atomic E-state index is -0.791. The van der Waals surface area contributed by atoms with Crippen molar-refractivity contribution in [3.05, 3.63) is 0 Å². The van der Waals surface area contributed by atoms with Crippen molar-refractivity contribution in [2.75, 3.05) is 132 Å². The second-order valence-corrected chi connectivity index (χ2v) is 9.21. The fourth-order valence-corrected chi connectivity index (χ4v) is 3.38. The molecular weight excluding hydrogens is 538 g/mol. The molecule has 41 heavy (non-hydrogen) atoms. The van der Waals surface area contributed by atoms with E-state index in [4.69, 9.17) is 43.4 Å². The number of rotatable bonds is 37. The Labute approximate surface area is 247 Å². The van der Waals surface area contributed by atoms with Gasteiger partial charge in [-0.3, -0.25) is 10.1 Å². The van der Waals surface area contributed by atoms with E-state index in [0.29, 0.717) is 92.4 Å². The molecule has 0 aromatic heterocycles. The quantitative estimate of drug-likeness (QED) is 0.0502. The molecule has 246 valence electrons. The van der Waals surface area contributed by atoms with Crippen LogP contribution in [0.4, 0.5) is 0 Å². The van der Waals surface area contributed by atoms with Gasteiger partial charge in [0.05, 0.1) is 92.4 Å². The lowest BCUT2D eigenvalue weighted by molar-refractivity contribution is -0.136. The van der Waals surface area contributed by atoms with Gasteiger partial charge in [-0.2, -0.15) is 0 Å². The molecular formula is C28H59N3O10. The first-order valence-electron chi connectivity index (χ1n) is 15.3. The molecule has 0 spiro atoms. The average molecular weight is 598 g/mol. The van der Waals surface area contributed by atoms with E-state index < -0.39 is 5.97 Å². The van der Waals surface area contributed by atoms with Gasteiger partial charge >= 0.3 is 5.97 Å². The highest BCUT2D eigenvalue weighted by Gasteiger charge is 1.97. The molecule has 0 amide bonds. The summed E-state index contributed by atoms with van der Waals surface area (Å²) in [7, 11) is 0. The number of carbonyl (C=O) groups is 1. The molecule has 0 heterocycles. The van der Waals surface area contributed by atoms with Crippen LogP contribution in [-0.4, -0.2) is 148 Å². The zero-order valence-corrected chi connectivity index (χ0v) is 25.3. The maximum atomic E-state index is 10.4. The van der Waals surface area contributed by atoms with E-state index >= 15 is 0 Å². The van der Waals surface area contributed by atoms with Gasteiger partial charge in [-0.15, -0.1) is 0 Å². The number of hydrogen-bond donors (Lipinski definition) is 5. The molecule has 0 aliphatic heterocycles. The Morgan fingerprint density at radius 3 is 1.20 bits per heavy atom. The minimum absolute atomic E-state index is 0.0599. The fourth-order valence-electron chi connectivity index (χ4n) is 3.38. The van der Waals surface area contributed by atoms with Crippen LogP contribution >= 0.6 is 0 Å². The van der Waals surface area contributed by atoms with Gasteiger partial charge in [-0.25, -0.2) is 0 Å². The topological polar surface area (TPSA) is 158 Å². The molecule has 0 saturated carbocycles. The van der Waals surface area contributed by atoms with Gasteiger partial charge in [0, 0.05) is 19.8 Å². The van der Waals surface area contributed by atoms with Gasteiger partial charge in [0.1, 0.15) is 0 Å². The number of hydrogen-bond acceptors (Lipinski definition) is 12. The van der Waals surface area contributed by atoms with Crippen LogP contribution in [0.3, 0.4) is 0 Å². The molecule has 13 heteroatoms. The van der Waals surface area contributed by atoms with Crippen LogP contribution in [0.25, 0.3) is 0 Å². The summed E-state index contributed by atoms with van der Waals surface area (Å²) >= 11 is 0. The molecule has 0 unspecified atom stereocenters. The van der Waals surface area contributed by atoms with Crippen LogP contribution in [0.2, 0.25) is 0 Å². The molecule has 5 N–H and O–H groups in total. The molecule has 0 aliphatic carbocycles. The van der Waals surface area contributed by atoms with Crippen LogP contribution < -0.4 is 16.0 Å². The summed E-state index contributed by atoms with van der Waals surface area (Å²) in [6.07, 6.45) is 6.58. The summed E-state index contributed by atoms with van der Waals surface area (Å²) in [5, 5.41) is 26.6. The number of aliphatic hydroxyl groups is 1. The third kappa shape index (κ3) is 39.0. The maximum Gasteiger partial charge on any atom is 0.304 e. The van der Waals surface area contributed by atoms with Gasteiger partial charge in [0.2, 0.25) is 0 Å². The number of aliphatic hydroxyl groups excluding tert-OH is 1. The minimum Gasteiger partial charge on any atom is -0.481 e. The Morgan fingerprint density at radius 2 is 0.756 bits per heavy atom. The molecule has 0 aliphatic rings. The van der Waals surface area contributed by atoms with Gasteiger partial charge < -0.3 is 54.0 Å². The standard InChI is InChI=1S/C28H59N3O10/c32-27-31-10-4-3-9-29-8-2-1-5-13-35-15-17-37-19-21-39-23-25-41-26-24-40-22-20-38-18-16-36-14-6-11-30-12-7-28(33)34/h29-32H,1-27H2,(H,33,34). The van der Waals surface area contributed by atoms with E-state index in [-0.39, 0.29) is 13.2 Å². The molecule has 0 aromatic rings. The summed E-state index contributed by atoms with van der Waals surface area (Å²) in [6, 6.07) is 0. The first-order chi connectivity index (χ1) is 20.3. The number of ether oxygens (including phenoxy) is 7. The van der Waals surface area contributed by atoms with Gasteiger partial charge in [-0.1, -0.05) is 0 Å². The lowest BCUT2D eigenvalue weighted by Gasteiger charge is -2.09. The highest BCUT2D eigenvalue weighted by Crippen LogP contribution is 1.95. The molecule has 0 aromatic carbocycles. The third-order valence-corrected chi connectivity index (χ3v) is 5.60. The van der Waals surface area contributed by atoms with Crippen molar-refractivity contribution in [2.45, 2.75) is 44.9 Å². The summed E-state index contributed by atoms with van der Waals surface area (Å²) in [6.45, 7) is 12.1. The molecule has 0 radical (unpaired) electrons. The number of aliphatic carboxylic acids is 1. The second kappa shape index (κ2) is 37.1. The highest BCUT2D eigenvalue weighted by molar-refractivity contribution is 5.66. The van der Waals surface area contributed by atoms with Crippen molar-refractivity contribution < 1.29 is 48.2 Å². The van der Waals surface area contributed by atoms with Crippen LogP contribution in [0.5, 0.6) is 0 Å². The first kappa shape index (κ1) is 40.0. The summed E-state index contributed by atoms with van der Waals surface area (Å²) in [5.74, 6) is -0.791. The predicted octanol–water partition coefficient (Wildman–Crippen LogP) is 0.637. The van der Waals surface area contributed by atoms with E-state index in [1.54, 1.807) is 0 Å². The summed E-state index contributed by atoms with van der Waals surface area (Å²) in [4.78, 5) is 10.4. The Morgan fingerprint density at radius 1 is 0.415 bits per heavy atom. The first-order valence-corrected chi connectivity index (χ1v) is 15.3. The van der Waals surface area contributed by atoms with E-state index in [1.807, 2.05) is 0 Å². The van der Waals surface area contributed by atoms with Crippen molar-refractivity contribution >= 4 is 5.97 Å². The van der Waals surface area contributed by atoms with Crippen molar-refractivity contribution in [3.8, 4) is 0 Å². The highest BCUT2D eigenvalue weighted by atomic mass is 16.6. The second-order valence-electron chi connectivity index (χ2n) is 9.21. The van der Waals surface area contributed by atoms with Crippen LogP contribution in [-0.2, 0) is 38.0 Å². The molecule has 0 bridgehead atoms. The molecule has 0 atom stereocenters. The van der Waals surface area contributed by atoms with Crippen molar-refractivity contribution in [3.63, 3.8) is 0 Å². The molecule has 0 rings (SSSR count). The van der Waals surface area contributed by atoms with Gasteiger partial charge in [0.25, 0.3) is 0 Å². The normalized spacial score (nSPS) is 11.4. The predicted molar refractivity (Wildman–Crippen MR) is 157 cm³/mol. The Bertz CT molecular complexity index is 510. The Kier molecular flexibility index (Phi) is 36.2. The van der Waals surface area contributed by atoms with Crippen LogP contribution in [0, 0.1) is 0 Å². The summed E-state index contributed by atoms with van der Waals surface area (Å²) < 4.78 is 38.4. The zero-order chi connectivity index (χ0) is 29.7. The monoisotopic (exact) mass is 597 g/mol. The van der Waals surface area contributed by atoms with Crippen LogP contribution in [0.15, 0.2) is 0 Å². The zero-order valence-electron chi connectivity index (χ0n) is 25.3.